The highest BCUT2D eigenvalue weighted by atomic mass is 16.1. The molecule has 2 rings (SSSR count). The van der Waals surface area contributed by atoms with Crippen molar-refractivity contribution < 1.29 is 4.79 Å². The number of benzene rings is 1. The van der Waals surface area contributed by atoms with Crippen molar-refractivity contribution in [3.05, 3.63) is 41.5 Å². The van der Waals surface area contributed by atoms with E-state index in [2.05, 4.69) is 24.4 Å². The van der Waals surface area contributed by atoms with Crippen molar-refractivity contribution in [2.45, 2.75) is 38.6 Å². The van der Waals surface area contributed by atoms with E-state index in [-0.39, 0.29) is 5.91 Å². The molecule has 1 aromatic rings. The summed E-state index contributed by atoms with van der Waals surface area (Å²) in [5.41, 5.74) is 2.30. The van der Waals surface area contributed by atoms with Gasteiger partial charge in [-0.1, -0.05) is 42.7 Å². The second-order valence-electron chi connectivity index (χ2n) is 4.73. The van der Waals surface area contributed by atoms with E-state index in [1.807, 2.05) is 18.2 Å². The number of carbonyl (C=O) groups is 1. The van der Waals surface area contributed by atoms with Crippen LogP contribution in [0, 0.1) is 6.92 Å². The predicted octanol–water partition coefficient (Wildman–Crippen LogP) is 3.07. The second kappa shape index (κ2) is 5.67. The van der Waals surface area contributed by atoms with E-state index in [0.29, 0.717) is 6.04 Å². The van der Waals surface area contributed by atoms with E-state index in [4.69, 9.17) is 0 Å². The Hall–Kier alpha value is -1.57. The number of hydrogen-bond acceptors (Lipinski definition) is 1. The van der Waals surface area contributed by atoms with E-state index < -0.39 is 0 Å². The molecule has 1 N–H and O–H groups in total. The van der Waals surface area contributed by atoms with Crippen LogP contribution in [0.3, 0.4) is 0 Å². The highest BCUT2D eigenvalue weighted by molar-refractivity contribution is 5.91. The van der Waals surface area contributed by atoms with Crippen LogP contribution in [0.25, 0.3) is 6.08 Å². The van der Waals surface area contributed by atoms with Gasteiger partial charge in [0, 0.05) is 12.1 Å². The van der Waals surface area contributed by atoms with Gasteiger partial charge in [0.25, 0.3) is 0 Å². The van der Waals surface area contributed by atoms with E-state index in [0.717, 1.165) is 18.4 Å². The molecule has 17 heavy (non-hydrogen) atoms. The van der Waals surface area contributed by atoms with Gasteiger partial charge in [0.05, 0.1) is 0 Å². The Labute approximate surface area is 103 Å². The fourth-order valence-corrected chi connectivity index (χ4v) is 2.17. The summed E-state index contributed by atoms with van der Waals surface area (Å²) in [6, 6.07) is 8.54. The average molecular weight is 229 g/mol. The van der Waals surface area contributed by atoms with Crippen LogP contribution < -0.4 is 5.32 Å². The van der Waals surface area contributed by atoms with Crippen LogP contribution in [-0.2, 0) is 4.79 Å². The van der Waals surface area contributed by atoms with Crippen LogP contribution in [0.1, 0.15) is 36.8 Å². The summed E-state index contributed by atoms with van der Waals surface area (Å²) in [5, 5.41) is 3.03. The molecular weight excluding hydrogens is 210 g/mol. The topological polar surface area (TPSA) is 29.1 Å². The third-order valence-electron chi connectivity index (χ3n) is 3.21. The summed E-state index contributed by atoms with van der Waals surface area (Å²) in [7, 11) is 0. The Morgan fingerprint density at radius 3 is 2.53 bits per heavy atom. The van der Waals surface area contributed by atoms with Gasteiger partial charge in [-0.15, -0.1) is 0 Å². The lowest BCUT2D eigenvalue weighted by atomic mass is 10.1. The second-order valence-corrected chi connectivity index (χ2v) is 4.73. The van der Waals surface area contributed by atoms with Crippen molar-refractivity contribution in [3.8, 4) is 0 Å². The molecule has 1 aromatic carbocycles. The van der Waals surface area contributed by atoms with Gasteiger partial charge in [0.15, 0.2) is 0 Å². The van der Waals surface area contributed by atoms with Crippen molar-refractivity contribution in [3.63, 3.8) is 0 Å². The minimum Gasteiger partial charge on any atom is -0.350 e. The Balaban J connectivity index is 1.86. The van der Waals surface area contributed by atoms with Gasteiger partial charge >= 0.3 is 0 Å². The number of amides is 1. The minimum absolute atomic E-state index is 0.0254. The Morgan fingerprint density at radius 1 is 1.24 bits per heavy atom. The summed E-state index contributed by atoms with van der Waals surface area (Å²) in [4.78, 5) is 11.6. The normalized spacial score (nSPS) is 16.5. The zero-order valence-electron chi connectivity index (χ0n) is 10.3. The lowest BCUT2D eigenvalue weighted by Crippen LogP contribution is -2.30. The Morgan fingerprint density at radius 2 is 1.88 bits per heavy atom. The highest BCUT2D eigenvalue weighted by Gasteiger charge is 2.15. The summed E-state index contributed by atoms with van der Waals surface area (Å²) in [6.45, 7) is 2.06. The monoisotopic (exact) mass is 229 g/mol. The molecule has 0 unspecified atom stereocenters. The van der Waals surface area contributed by atoms with Gasteiger partial charge in [-0.25, -0.2) is 0 Å². The van der Waals surface area contributed by atoms with Gasteiger partial charge in [-0.2, -0.15) is 0 Å². The third-order valence-corrected chi connectivity index (χ3v) is 3.21. The molecule has 0 heterocycles. The van der Waals surface area contributed by atoms with Gasteiger partial charge in [0.2, 0.25) is 5.91 Å². The number of aryl methyl sites for hydroxylation is 1. The van der Waals surface area contributed by atoms with Gasteiger partial charge in [-0.3, -0.25) is 4.79 Å². The number of carbonyl (C=O) groups excluding carboxylic acids is 1. The SMILES string of the molecule is Cc1ccc(/C=C/C(=O)NC2CCCC2)cc1. The Kier molecular flexibility index (Phi) is 3.97. The number of nitrogens with one attached hydrogen (secondary N) is 1. The quantitative estimate of drug-likeness (QED) is 0.793. The summed E-state index contributed by atoms with van der Waals surface area (Å²) in [5.74, 6) is 0.0254. The number of hydrogen-bond donors (Lipinski definition) is 1. The van der Waals surface area contributed by atoms with Gasteiger partial charge in [-0.05, 0) is 31.4 Å². The fraction of sp³-hybridized carbons (Fsp3) is 0.400. The van der Waals surface area contributed by atoms with Gasteiger partial charge < -0.3 is 5.32 Å². The summed E-state index contributed by atoms with van der Waals surface area (Å²) < 4.78 is 0. The molecule has 0 aromatic heterocycles. The maximum atomic E-state index is 11.6. The van der Waals surface area contributed by atoms with E-state index >= 15 is 0 Å². The molecule has 2 heteroatoms. The van der Waals surface area contributed by atoms with Crippen molar-refractivity contribution >= 4 is 12.0 Å². The fourth-order valence-electron chi connectivity index (χ4n) is 2.17. The molecule has 0 saturated heterocycles. The van der Waals surface area contributed by atoms with Crippen molar-refractivity contribution in [1.29, 1.82) is 0 Å². The molecule has 0 bridgehead atoms. The zero-order chi connectivity index (χ0) is 12.1. The molecule has 90 valence electrons. The zero-order valence-corrected chi connectivity index (χ0v) is 10.3. The molecule has 0 radical (unpaired) electrons. The lowest BCUT2D eigenvalue weighted by Gasteiger charge is -2.08. The maximum absolute atomic E-state index is 11.6. The first-order valence-corrected chi connectivity index (χ1v) is 6.29. The first-order valence-electron chi connectivity index (χ1n) is 6.29. The number of rotatable bonds is 3. The van der Waals surface area contributed by atoms with Gasteiger partial charge in [0.1, 0.15) is 0 Å². The van der Waals surface area contributed by atoms with E-state index in [1.165, 1.54) is 18.4 Å². The largest absolute Gasteiger partial charge is 0.350 e. The van der Waals surface area contributed by atoms with Crippen molar-refractivity contribution in [2.24, 2.45) is 0 Å². The standard InChI is InChI=1S/C15H19NO/c1-12-6-8-13(9-7-12)10-11-15(17)16-14-4-2-3-5-14/h6-11,14H,2-5H2,1H3,(H,16,17)/b11-10+. The molecule has 1 aliphatic rings. The van der Waals surface area contributed by atoms with Crippen molar-refractivity contribution in [2.75, 3.05) is 0 Å². The molecular formula is C15H19NO. The van der Waals surface area contributed by atoms with Crippen LogP contribution in [0.5, 0.6) is 0 Å². The average Bonchev–Trinajstić information content (AvgIpc) is 2.81. The van der Waals surface area contributed by atoms with Crippen LogP contribution in [0.2, 0.25) is 0 Å². The molecule has 2 nitrogen and oxygen atoms in total. The first kappa shape index (κ1) is 11.9. The summed E-state index contributed by atoms with van der Waals surface area (Å²) >= 11 is 0. The highest BCUT2D eigenvalue weighted by Crippen LogP contribution is 2.17. The molecule has 0 spiro atoms. The first-order chi connectivity index (χ1) is 8.24. The third kappa shape index (κ3) is 3.74. The van der Waals surface area contributed by atoms with Crippen LogP contribution in [-0.4, -0.2) is 11.9 Å². The molecule has 1 fully saturated rings. The van der Waals surface area contributed by atoms with Crippen LogP contribution in [0.4, 0.5) is 0 Å². The predicted molar refractivity (Wildman–Crippen MR) is 70.6 cm³/mol. The molecule has 1 saturated carbocycles. The molecule has 0 aliphatic heterocycles. The molecule has 1 aliphatic carbocycles. The van der Waals surface area contributed by atoms with E-state index in [9.17, 15) is 4.79 Å². The molecule has 0 atom stereocenters. The summed E-state index contributed by atoms with van der Waals surface area (Å²) in [6.07, 6.45) is 8.24. The lowest BCUT2D eigenvalue weighted by molar-refractivity contribution is -0.117. The minimum atomic E-state index is 0.0254. The smallest absolute Gasteiger partial charge is 0.244 e. The maximum Gasteiger partial charge on any atom is 0.244 e. The molecule has 1 amide bonds. The van der Waals surface area contributed by atoms with Crippen LogP contribution in [0.15, 0.2) is 30.3 Å². The Bertz CT molecular complexity index is 399. The van der Waals surface area contributed by atoms with Crippen molar-refractivity contribution in [1.82, 2.24) is 5.32 Å². The van der Waals surface area contributed by atoms with E-state index in [1.54, 1.807) is 6.08 Å². The van der Waals surface area contributed by atoms with Crippen LogP contribution >= 0.6 is 0 Å².